The summed E-state index contributed by atoms with van der Waals surface area (Å²) in [5.41, 5.74) is 2.21. The Labute approximate surface area is 150 Å². The summed E-state index contributed by atoms with van der Waals surface area (Å²) in [7, 11) is -2.53. The van der Waals surface area contributed by atoms with Crippen LogP contribution in [0, 0.1) is 10.1 Å². The standard InChI is InChI=1S/C16H16N4O5S/c1-19(26(24,25)14-8-3-2-4-9-14)12-16(21)18-17-11-13-7-5-6-10-15(13)20(22)23/h2-11H,12H2,1H3,(H,18,21)/b17-11-. The van der Waals surface area contributed by atoms with E-state index in [1.54, 1.807) is 24.3 Å². The first-order valence-electron chi connectivity index (χ1n) is 7.39. The van der Waals surface area contributed by atoms with Gasteiger partial charge in [-0.25, -0.2) is 13.8 Å². The van der Waals surface area contributed by atoms with E-state index in [9.17, 15) is 23.3 Å². The summed E-state index contributed by atoms with van der Waals surface area (Å²) in [5, 5.41) is 14.5. The van der Waals surface area contributed by atoms with E-state index in [0.29, 0.717) is 0 Å². The molecule has 0 saturated carbocycles. The number of nitrogens with one attached hydrogen (secondary N) is 1. The number of carbonyl (C=O) groups is 1. The molecule has 0 spiro atoms. The number of hydrogen-bond donors (Lipinski definition) is 1. The first-order chi connectivity index (χ1) is 12.3. The van der Waals surface area contributed by atoms with Crippen LogP contribution in [-0.4, -0.2) is 43.4 Å². The molecule has 0 bridgehead atoms. The summed E-state index contributed by atoms with van der Waals surface area (Å²) in [6.45, 7) is -0.453. The molecule has 1 amide bonds. The lowest BCUT2D eigenvalue weighted by molar-refractivity contribution is -0.385. The SMILES string of the molecule is CN(CC(=O)N/N=C\c1ccccc1[N+](=O)[O-])S(=O)(=O)c1ccccc1. The second-order valence-corrected chi connectivity index (χ2v) is 7.23. The van der Waals surface area contributed by atoms with Crippen molar-refractivity contribution in [3.63, 3.8) is 0 Å². The Morgan fingerprint density at radius 1 is 1.19 bits per heavy atom. The van der Waals surface area contributed by atoms with Crippen molar-refractivity contribution in [3.05, 3.63) is 70.3 Å². The molecular weight excluding hydrogens is 360 g/mol. The second kappa shape index (κ2) is 8.32. The van der Waals surface area contributed by atoms with Gasteiger partial charge in [-0.05, 0) is 18.2 Å². The van der Waals surface area contributed by atoms with Gasteiger partial charge in [0.15, 0.2) is 0 Å². The topological polar surface area (TPSA) is 122 Å². The number of hydrazone groups is 1. The van der Waals surface area contributed by atoms with Crippen LogP contribution in [0.5, 0.6) is 0 Å². The summed E-state index contributed by atoms with van der Waals surface area (Å²) in [6, 6.07) is 13.6. The highest BCUT2D eigenvalue weighted by atomic mass is 32.2. The molecule has 0 radical (unpaired) electrons. The monoisotopic (exact) mass is 376 g/mol. The van der Waals surface area contributed by atoms with E-state index in [2.05, 4.69) is 10.5 Å². The van der Waals surface area contributed by atoms with Gasteiger partial charge in [-0.15, -0.1) is 0 Å². The van der Waals surface area contributed by atoms with Crippen molar-refractivity contribution in [3.8, 4) is 0 Å². The van der Waals surface area contributed by atoms with E-state index in [4.69, 9.17) is 0 Å². The van der Waals surface area contributed by atoms with E-state index < -0.39 is 27.4 Å². The third-order valence-corrected chi connectivity index (χ3v) is 5.16. The van der Waals surface area contributed by atoms with Gasteiger partial charge in [0.25, 0.3) is 11.6 Å². The molecule has 0 atom stereocenters. The van der Waals surface area contributed by atoms with Crippen LogP contribution in [0.3, 0.4) is 0 Å². The largest absolute Gasteiger partial charge is 0.278 e. The van der Waals surface area contributed by atoms with Crippen LogP contribution in [0.15, 0.2) is 64.6 Å². The smallest absolute Gasteiger partial charge is 0.272 e. The summed E-state index contributed by atoms with van der Waals surface area (Å²) >= 11 is 0. The van der Waals surface area contributed by atoms with Crippen molar-refractivity contribution in [1.82, 2.24) is 9.73 Å². The van der Waals surface area contributed by atoms with Gasteiger partial charge in [-0.3, -0.25) is 14.9 Å². The highest BCUT2D eigenvalue weighted by Gasteiger charge is 2.22. The Morgan fingerprint density at radius 3 is 2.46 bits per heavy atom. The predicted molar refractivity (Wildman–Crippen MR) is 95.1 cm³/mol. The van der Waals surface area contributed by atoms with Crippen molar-refractivity contribution >= 4 is 27.8 Å². The van der Waals surface area contributed by atoms with Crippen molar-refractivity contribution in [2.75, 3.05) is 13.6 Å². The third-order valence-electron chi connectivity index (χ3n) is 3.34. The van der Waals surface area contributed by atoms with Gasteiger partial charge >= 0.3 is 0 Å². The fourth-order valence-corrected chi connectivity index (χ4v) is 3.18. The van der Waals surface area contributed by atoms with Crippen molar-refractivity contribution in [2.45, 2.75) is 4.90 Å². The number of likely N-dealkylation sites (N-methyl/N-ethyl adjacent to an activating group) is 1. The average Bonchev–Trinajstić information content (AvgIpc) is 2.62. The number of amides is 1. The van der Waals surface area contributed by atoms with Crippen LogP contribution in [0.4, 0.5) is 5.69 Å². The van der Waals surface area contributed by atoms with Gasteiger partial charge in [-0.2, -0.15) is 9.41 Å². The molecule has 0 aliphatic heterocycles. The Bertz CT molecular complexity index is 929. The molecule has 0 saturated heterocycles. The molecule has 9 nitrogen and oxygen atoms in total. The molecule has 0 unspecified atom stereocenters. The van der Waals surface area contributed by atoms with Gasteiger partial charge in [0.05, 0.1) is 28.1 Å². The lowest BCUT2D eigenvalue weighted by Gasteiger charge is -2.15. The van der Waals surface area contributed by atoms with Gasteiger partial charge in [0.1, 0.15) is 0 Å². The predicted octanol–water partition coefficient (Wildman–Crippen LogP) is 1.37. The molecule has 136 valence electrons. The van der Waals surface area contributed by atoms with Crippen molar-refractivity contribution < 1.29 is 18.1 Å². The zero-order valence-corrected chi connectivity index (χ0v) is 14.6. The molecule has 0 aliphatic carbocycles. The van der Waals surface area contributed by atoms with E-state index >= 15 is 0 Å². The number of para-hydroxylation sites is 1. The number of nitrogens with zero attached hydrogens (tertiary/aromatic N) is 3. The van der Waals surface area contributed by atoms with Gasteiger partial charge in [0.2, 0.25) is 10.0 Å². The van der Waals surface area contributed by atoms with E-state index in [1.807, 2.05) is 0 Å². The number of sulfonamides is 1. The number of hydrogen-bond acceptors (Lipinski definition) is 6. The van der Waals surface area contributed by atoms with Crippen LogP contribution >= 0.6 is 0 Å². The molecule has 0 aromatic heterocycles. The van der Waals surface area contributed by atoms with Crippen LogP contribution in [0.1, 0.15) is 5.56 Å². The quantitative estimate of drug-likeness (QED) is 0.444. The number of nitro benzene ring substituents is 1. The molecule has 0 fully saturated rings. The minimum absolute atomic E-state index is 0.0683. The summed E-state index contributed by atoms with van der Waals surface area (Å²) in [4.78, 5) is 22.3. The maximum atomic E-state index is 12.3. The van der Waals surface area contributed by atoms with Crippen LogP contribution < -0.4 is 5.43 Å². The highest BCUT2D eigenvalue weighted by Crippen LogP contribution is 2.15. The Balaban J connectivity index is 2.00. The normalized spacial score (nSPS) is 11.6. The summed E-state index contributed by atoms with van der Waals surface area (Å²) < 4.78 is 25.5. The van der Waals surface area contributed by atoms with Crippen LogP contribution in [0.25, 0.3) is 0 Å². The molecular formula is C16H16N4O5S. The molecule has 2 rings (SSSR count). The number of rotatable bonds is 7. The molecule has 0 aliphatic rings. The van der Waals surface area contributed by atoms with Gasteiger partial charge < -0.3 is 0 Å². The number of benzene rings is 2. The van der Waals surface area contributed by atoms with Gasteiger partial charge in [0, 0.05) is 13.1 Å². The van der Waals surface area contributed by atoms with Gasteiger partial charge in [-0.1, -0.05) is 30.3 Å². The molecule has 1 N–H and O–H groups in total. The fraction of sp³-hybridized carbons (Fsp3) is 0.125. The second-order valence-electron chi connectivity index (χ2n) is 5.18. The lowest BCUT2D eigenvalue weighted by atomic mass is 10.2. The number of nitro groups is 1. The summed E-state index contributed by atoms with van der Waals surface area (Å²) in [5.74, 6) is -0.679. The van der Waals surface area contributed by atoms with Crippen molar-refractivity contribution in [2.24, 2.45) is 5.10 Å². The lowest BCUT2D eigenvalue weighted by Crippen LogP contribution is -2.36. The zero-order chi connectivity index (χ0) is 19.2. The van der Waals surface area contributed by atoms with Crippen LogP contribution in [-0.2, 0) is 14.8 Å². The Kier molecular flexibility index (Phi) is 6.15. The Hall–Kier alpha value is -3.11. The van der Waals surface area contributed by atoms with Crippen LogP contribution in [0.2, 0.25) is 0 Å². The molecule has 2 aromatic carbocycles. The summed E-state index contributed by atoms with van der Waals surface area (Å²) in [6.07, 6.45) is 1.13. The third kappa shape index (κ3) is 4.71. The molecule has 2 aromatic rings. The average molecular weight is 376 g/mol. The zero-order valence-electron chi connectivity index (χ0n) is 13.8. The Morgan fingerprint density at radius 2 is 1.81 bits per heavy atom. The maximum Gasteiger partial charge on any atom is 0.278 e. The maximum absolute atomic E-state index is 12.3. The fourth-order valence-electron chi connectivity index (χ4n) is 2.03. The molecule has 10 heteroatoms. The highest BCUT2D eigenvalue weighted by molar-refractivity contribution is 7.89. The first-order valence-corrected chi connectivity index (χ1v) is 8.83. The minimum Gasteiger partial charge on any atom is -0.272 e. The number of carbonyl (C=O) groups excluding carboxylic acids is 1. The van der Waals surface area contributed by atoms with E-state index in [-0.39, 0.29) is 16.1 Å². The van der Waals surface area contributed by atoms with Crippen molar-refractivity contribution in [1.29, 1.82) is 0 Å². The minimum atomic E-state index is -3.80. The first kappa shape index (κ1) is 19.2. The van der Waals surface area contributed by atoms with E-state index in [1.165, 1.54) is 37.4 Å². The molecule has 26 heavy (non-hydrogen) atoms. The molecule has 0 heterocycles. The van der Waals surface area contributed by atoms with E-state index in [0.717, 1.165) is 10.5 Å².